The summed E-state index contributed by atoms with van der Waals surface area (Å²) in [6.07, 6.45) is 3.67. The molecule has 3 heteroatoms. The molecule has 0 aliphatic heterocycles. The number of aromatic nitrogens is 2. The van der Waals surface area contributed by atoms with Crippen LogP contribution in [0.15, 0.2) is 12.4 Å². The van der Waals surface area contributed by atoms with E-state index >= 15 is 0 Å². The van der Waals surface area contributed by atoms with Crippen LogP contribution in [0, 0.1) is 6.57 Å². The van der Waals surface area contributed by atoms with E-state index in [-0.39, 0.29) is 0 Å². The molecule has 3 nitrogen and oxygen atoms in total. The van der Waals surface area contributed by atoms with Crippen molar-refractivity contribution in [3.63, 3.8) is 0 Å². The number of hydrogen-bond acceptors (Lipinski definition) is 1. The van der Waals surface area contributed by atoms with Gasteiger partial charge in [-0.05, 0) is 13.8 Å². The molecule has 0 radical (unpaired) electrons. The Morgan fingerprint density at radius 2 is 2.45 bits per heavy atom. The third-order valence-electron chi connectivity index (χ3n) is 1.45. The van der Waals surface area contributed by atoms with E-state index in [0.717, 1.165) is 5.56 Å². The first-order valence-corrected chi connectivity index (χ1v) is 3.60. The Kier molecular flexibility index (Phi) is 2.27. The van der Waals surface area contributed by atoms with Gasteiger partial charge in [-0.1, -0.05) is 0 Å². The number of hydrogen-bond donors (Lipinski definition) is 0. The molecule has 0 amide bonds. The van der Waals surface area contributed by atoms with Crippen molar-refractivity contribution in [2.24, 2.45) is 0 Å². The summed E-state index contributed by atoms with van der Waals surface area (Å²) in [5.41, 5.74) is 0.994. The summed E-state index contributed by atoms with van der Waals surface area (Å²) in [5.74, 6) is 0. The lowest BCUT2D eigenvalue weighted by molar-refractivity contribution is 0.532. The van der Waals surface area contributed by atoms with Crippen molar-refractivity contribution in [3.8, 4) is 0 Å². The fourth-order valence-corrected chi connectivity index (χ4v) is 0.833. The number of nitrogens with zero attached hydrogens (tertiary/aromatic N) is 3. The predicted octanol–water partition coefficient (Wildman–Crippen LogP) is 1.88. The zero-order valence-electron chi connectivity index (χ0n) is 6.78. The van der Waals surface area contributed by atoms with E-state index in [9.17, 15) is 0 Å². The van der Waals surface area contributed by atoms with E-state index in [2.05, 4.69) is 23.8 Å². The van der Waals surface area contributed by atoms with Gasteiger partial charge in [-0.15, -0.1) is 0 Å². The van der Waals surface area contributed by atoms with Crippen molar-refractivity contribution in [2.75, 3.05) is 0 Å². The lowest BCUT2D eigenvalue weighted by atomic mass is 10.3. The van der Waals surface area contributed by atoms with Crippen LogP contribution in [0.1, 0.15) is 25.5 Å². The average Bonchev–Trinajstić information content (AvgIpc) is 2.37. The highest BCUT2D eigenvalue weighted by atomic mass is 15.3. The van der Waals surface area contributed by atoms with Gasteiger partial charge in [0.05, 0.1) is 11.8 Å². The second kappa shape index (κ2) is 3.20. The maximum atomic E-state index is 6.64. The quantitative estimate of drug-likeness (QED) is 0.588. The molecule has 1 aromatic heterocycles. The molecule has 11 heavy (non-hydrogen) atoms. The molecule has 0 aliphatic rings. The first-order valence-electron chi connectivity index (χ1n) is 3.60. The van der Waals surface area contributed by atoms with Gasteiger partial charge in [0.25, 0.3) is 0 Å². The van der Waals surface area contributed by atoms with E-state index in [0.29, 0.717) is 12.6 Å². The van der Waals surface area contributed by atoms with E-state index in [1.165, 1.54) is 0 Å². The van der Waals surface area contributed by atoms with Crippen LogP contribution in [0.2, 0.25) is 0 Å². The number of rotatable bonds is 2. The Labute approximate surface area is 66.5 Å². The van der Waals surface area contributed by atoms with Gasteiger partial charge in [-0.25, -0.2) is 6.57 Å². The first-order chi connectivity index (χ1) is 5.24. The fourth-order valence-electron chi connectivity index (χ4n) is 0.833. The van der Waals surface area contributed by atoms with Crippen LogP contribution >= 0.6 is 0 Å². The molecule has 0 saturated heterocycles. The standard InChI is InChI=1S/C8H11N3/c1-7(2)11-6-8(4-9-3)5-10-11/h5-7H,4H2,1-2H3. The second-order valence-electron chi connectivity index (χ2n) is 2.74. The highest BCUT2D eigenvalue weighted by molar-refractivity contribution is 5.06. The summed E-state index contributed by atoms with van der Waals surface area (Å²) in [5, 5.41) is 4.11. The SMILES string of the molecule is [C-]#[N+]Cc1cnn(C(C)C)c1. The predicted molar refractivity (Wildman–Crippen MR) is 42.9 cm³/mol. The van der Waals surface area contributed by atoms with Crippen LogP contribution < -0.4 is 0 Å². The van der Waals surface area contributed by atoms with Crippen LogP contribution in [-0.2, 0) is 6.54 Å². The van der Waals surface area contributed by atoms with Gasteiger partial charge >= 0.3 is 0 Å². The van der Waals surface area contributed by atoms with E-state index in [4.69, 9.17) is 6.57 Å². The maximum Gasteiger partial charge on any atom is 0.242 e. The van der Waals surface area contributed by atoms with Gasteiger partial charge in [-0.2, -0.15) is 5.10 Å². The normalized spacial score (nSPS) is 10.0. The summed E-state index contributed by atoms with van der Waals surface area (Å²) >= 11 is 0. The maximum absolute atomic E-state index is 6.64. The Morgan fingerprint density at radius 3 is 2.91 bits per heavy atom. The second-order valence-corrected chi connectivity index (χ2v) is 2.74. The summed E-state index contributed by atoms with van der Waals surface area (Å²) < 4.78 is 1.86. The van der Waals surface area contributed by atoms with Crippen LogP contribution in [0.25, 0.3) is 4.85 Å². The molecule has 58 valence electrons. The molecule has 0 saturated carbocycles. The fraction of sp³-hybridized carbons (Fsp3) is 0.500. The van der Waals surface area contributed by atoms with E-state index in [1.54, 1.807) is 6.20 Å². The monoisotopic (exact) mass is 149 g/mol. The summed E-state index contributed by atoms with van der Waals surface area (Å²) in [6, 6.07) is 0.384. The van der Waals surface area contributed by atoms with Crippen LogP contribution in [0.3, 0.4) is 0 Å². The molecule has 1 heterocycles. The molecule has 0 bridgehead atoms. The smallest absolute Gasteiger partial charge is 0.242 e. The molecule has 0 atom stereocenters. The van der Waals surface area contributed by atoms with Gasteiger partial charge in [0.15, 0.2) is 0 Å². The van der Waals surface area contributed by atoms with Crippen molar-refractivity contribution in [1.82, 2.24) is 9.78 Å². The average molecular weight is 149 g/mol. The Hall–Kier alpha value is -1.30. The minimum absolute atomic E-state index is 0.384. The van der Waals surface area contributed by atoms with Crippen LogP contribution in [0.5, 0.6) is 0 Å². The zero-order chi connectivity index (χ0) is 8.27. The van der Waals surface area contributed by atoms with Crippen LogP contribution in [0.4, 0.5) is 0 Å². The molecule has 1 aromatic rings. The van der Waals surface area contributed by atoms with Gasteiger partial charge < -0.3 is 4.85 Å². The van der Waals surface area contributed by atoms with Crippen molar-refractivity contribution >= 4 is 0 Å². The molecule has 1 rings (SSSR count). The molecule has 0 aromatic carbocycles. The summed E-state index contributed by atoms with van der Waals surface area (Å²) in [6.45, 7) is 11.2. The van der Waals surface area contributed by atoms with Crippen LogP contribution in [-0.4, -0.2) is 9.78 Å². The minimum Gasteiger partial charge on any atom is -0.312 e. The lowest BCUT2D eigenvalue weighted by Gasteiger charge is -2.02. The topological polar surface area (TPSA) is 22.2 Å². The van der Waals surface area contributed by atoms with Gasteiger partial charge in [0.1, 0.15) is 0 Å². The Morgan fingerprint density at radius 1 is 1.73 bits per heavy atom. The molecule has 0 N–H and O–H groups in total. The summed E-state index contributed by atoms with van der Waals surface area (Å²) in [7, 11) is 0. The molecular weight excluding hydrogens is 138 g/mol. The highest BCUT2D eigenvalue weighted by Gasteiger charge is 2.01. The van der Waals surface area contributed by atoms with E-state index in [1.807, 2.05) is 10.9 Å². The van der Waals surface area contributed by atoms with Gasteiger partial charge in [-0.3, -0.25) is 4.68 Å². The Bertz CT molecular complexity index is 267. The molecular formula is C8H11N3. The molecule has 0 aliphatic carbocycles. The minimum atomic E-state index is 0.384. The third kappa shape index (κ3) is 1.81. The molecule has 0 unspecified atom stereocenters. The lowest BCUT2D eigenvalue weighted by Crippen LogP contribution is -1.99. The van der Waals surface area contributed by atoms with E-state index < -0.39 is 0 Å². The van der Waals surface area contributed by atoms with Crippen molar-refractivity contribution < 1.29 is 0 Å². The van der Waals surface area contributed by atoms with Crippen molar-refractivity contribution in [1.29, 1.82) is 0 Å². The Balaban J connectivity index is 2.75. The molecule has 0 fully saturated rings. The molecule has 0 spiro atoms. The largest absolute Gasteiger partial charge is 0.312 e. The first kappa shape index (κ1) is 7.80. The highest BCUT2D eigenvalue weighted by Crippen LogP contribution is 2.05. The summed E-state index contributed by atoms with van der Waals surface area (Å²) in [4.78, 5) is 3.28. The van der Waals surface area contributed by atoms with Gasteiger partial charge in [0, 0.05) is 12.2 Å². The van der Waals surface area contributed by atoms with Crippen molar-refractivity contribution in [2.45, 2.75) is 26.4 Å². The van der Waals surface area contributed by atoms with Crippen molar-refractivity contribution in [3.05, 3.63) is 29.4 Å². The third-order valence-corrected chi connectivity index (χ3v) is 1.45. The van der Waals surface area contributed by atoms with Gasteiger partial charge in [0.2, 0.25) is 6.54 Å². The zero-order valence-corrected chi connectivity index (χ0v) is 6.78.